The SMILES string of the molecule is CC[C@H](Nc1nc(-c2ccccc2)nc2ccccc12)C(=O)O. The van der Waals surface area contributed by atoms with Crippen molar-refractivity contribution in [3.05, 3.63) is 54.6 Å². The number of hydrogen-bond donors (Lipinski definition) is 2. The molecule has 0 bridgehead atoms. The fourth-order valence-electron chi connectivity index (χ4n) is 2.41. The van der Waals surface area contributed by atoms with Crippen molar-refractivity contribution in [1.82, 2.24) is 9.97 Å². The van der Waals surface area contributed by atoms with Gasteiger partial charge in [-0.25, -0.2) is 14.8 Å². The van der Waals surface area contributed by atoms with Crippen LogP contribution in [0.1, 0.15) is 13.3 Å². The lowest BCUT2D eigenvalue weighted by molar-refractivity contribution is -0.137. The highest BCUT2D eigenvalue weighted by Gasteiger charge is 2.17. The Bertz CT molecular complexity index is 834. The average molecular weight is 307 g/mol. The molecule has 2 N–H and O–H groups in total. The Morgan fingerprint density at radius 3 is 2.48 bits per heavy atom. The van der Waals surface area contributed by atoms with Crippen molar-refractivity contribution in [3.8, 4) is 11.4 Å². The molecule has 5 nitrogen and oxygen atoms in total. The summed E-state index contributed by atoms with van der Waals surface area (Å²) in [5, 5.41) is 13.1. The van der Waals surface area contributed by atoms with Gasteiger partial charge >= 0.3 is 5.97 Å². The first-order valence-corrected chi connectivity index (χ1v) is 7.50. The molecular formula is C18H17N3O2. The number of hydrogen-bond acceptors (Lipinski definition) is 4. The van der Waals surface area contributed by atoms with E-state index in [-0.39, 0.29) is 0 Å². The molecule has 0 spiro atoms. The number of carboxylic acids is 1. The summed E-state index contributed by atoms with van der Waals surface area (Å²) in [4.78, 5) is 20.5. The third-order valence-corrected chi connectivity index (χ3v) is 3.65. The lowest BCUT2D eigenvalue weighted by Gasteiger charge is -2.15. The van der Waals surface area contributed by atoms with Crippen molar-refractivity contribution in [1.29, 1.82) is 0 Å². The fourth-order valence-corrected chi connectivity index (χ4v) is 2.41. The van der Waals surface area contributed by atoms with Crippen molar-refractivity contribution in [3.63, 3.8) is 0 Å². The molecule has 23 heavy (non-hydrogen) atoms. The highest BCUT2D eigenvalue weighted by atomic mass is 16.4. The summed E-state index contributed by atoms with van der Waals surface area (Å²) in [6.07, 6.45) is 0.467. The minimum absolute atomic E-state index is 0.467. The Balaban J connectivity index is 2.13. The maximum atomic E-state index is 11.3. The van der Waals surface area contributed by atoms with Gasteiger partial charge in [0.25, 0.3) is 0 Å². The summed E-state index contributed by atoms with van der Waals surface area (Å²) in [5.41, 5.74) is 1.67. The Morgan fingerprint density at radius 1 is 1.09 bits per heavy atom. The largest absolute Gasteiger partial charge is 0.480 e. The first kappa shape index (κ1) is 15.0. The Labute approximate surface area is 134 Å². The monoisotopic (exact) mass is 307 g/mol. The van der Waals surface area contributed by atoms with E-state index in [9.17, 15) is 9.90 Å². The molecule has 0 amide bonds. The molecule has 0 fully saturated rings. The summed E-state index contributed by atoms with van der Waals surface area (Å²) < 4.78 is 0. The molecule has 3 aromatic rings. The molecule has 1 heterocycles. The van der Waals surface area contributed by atoms with Crippen LogP contribution in [0, 0.1) is 0 Å². The van der Waals surface area contributed by atoms with E-state index in [4.69, 9.17) is 0 Å². The lowest BCUT2D eigenvalue weighted by atomic mass is 10.1. The van der Waals surface area contributed by atoms with Gasteiger partial charge in [-0.05, 0) is 18.6 Å². The second kappa shape index (κ2) is 6.44. The van der Waals surface area contributed by atoms with Crippen LogP contribution in [-0.2, 0) is 4.79 Å². The molecule has 116 valence electrons. The van der Waals surface area contributed by atoms with E-state index in [1.165, 1.54) is 0 Å². The molecule has 0 aliphatic rings. The number of nitrogens with zero attached hydrogens (tertiary/aromatic N) is 2. The maximum Gasteiger partial charge on any atom is 0.326 e. The molecule has 0 saturated carbocycles. The number of carbonyl (C=O) groups is 1. The number of para-hydroxylation sites is 1. The molecule has 0 unspecified atom stereocenters. The second-order valence-electron chi connectivity index (χ2n) is 5.22. The smallest absolute Gasteiger partial charge is 0.326 e. The van der Waals surface area contributed by atoms with Crippen LogP contribution in [0.5, 0.6) is 0 Å². The lowest BCUT2D eigenvalue weighted by Crippen LogP contribution is -2.28. The molecule has 0 radical (unpaired) electrons. The van der Waals surface area contributed by atoms with Gasteiger partial charge in [0.2, 0.25) is 0 Å². The highest BCUT2D eigenvalue weighted by molar-refractivity contribution is 5.92. The molecular weight excluding hydrogens is 290 g/mol. The van der Waals surface area contributed by atoms with Crippen LogP contribution < -0.4 is 5.32 Å². The van der Waals surface area contributed by atoms with Gasteiger partial charge in [-0.2, -0.15) is 0 Å². The number of aromatic nitrogens is 2. The number of benzene rings is 2. The van der Waals surface area contributed by atoms with Gasteiger partial charge in [0.05, 0.1) is 5.52 Å². The summed E-state index contributed by atoms with van der Waals surface area (Å²) >= 11 is 0. The first-order chi connectivity index (χ1) is 11.2. The van der Waals surface area contributed by atoms with E-state index in [0.29, 0.717) is 18.1 Å². The van der Waals surface area contributed by atoms with Crippen molar-refractivity contribution < 1.29 is 9.90 Å². The van der Waals surface area contributed by atoms with Crippen molar-refractivity contribution >= 4 is 22.7 Å². The summed E-state index contributed by atoms with van der Waals surface area (Å²) in [7, 11) is 0. The van der Waals surface area contributed by atoms with Gasteiger partial charge in [-0.1, -0.05) is 49.4 Å². The van der Waals surface area contributed by atoms with Crippen molar-refractivity contribution in [2.45, 2.75) is 19.4 Å². The number of aliphatic carboxylic acids is 1. The quantitative estimate of drug-likeness (QED) is 0.753. The number of carboxylic acid groups (broad SMARTS) is 1. The Kier molecular flexibility index (Phi) is 4.19. The molecule has 1 aromatic heterocycles. The van der Waals surface area contributed by atoms with Crippen LogP contribution >= 0.6 is 0 Å². The predicted octanol–water partition coefficient (Wildman–Crippen LogP) is 3.57. The zero-order chi connectivity index (χ0) is 16.2. The van der Waals surface area contributed by atoms with Gasteiger partial charge in [0.1, 0.15) is 11.9 Å². The molecule has 0 saturated heterocycles. The molecule has 0 aliphatic carbocycles. The first-order valence-electron chi connectivity index (χ1n) is 7.50. The summed E-state index contributed by atoms with van der Waals surface area (Å²) in [6.45, 7) is 1.83. The Hall–Kier alpha value is -2.95. The van der Waals surface area contributed by atoms with E-state index in [2.05, 4.69) is 15.3 Å². The standard InChI is InChI=1S/C18H17N3O2/c1-2-14(18(22)23)19-17-13-10-6-7-11-15(13)20-16(21-17)12-8-4-3-5-9-12/h3-11,14H,2H2,1H3,(H,22,23)(H,19,20,21)/t14-/m0/s1. The van der Waals surface area contributed by atoms with Crippen LogP contribution in [-0.4, -0.2) is 27.1 Å². The zero-order valence-corrected chi connectivity index (χ0v) is 12.7. The van der Waals surface area contributed by atoms with Crippen LogP contribution in [0.15, 0.2) is 54.6 Å². The van der Waals surface area contributed by atoms with Gasteiger partial charge < -0.3 is 10.4 Å². The van der Waals surface area contributed by atoms with Gasteiger partial charge in [-0.15, -0.1) is 0 Å². The molecule has 2 aromatic carbocycles. The van der Waals surface area contributed by atoms with Crippen molar-refractivity contribution in [2.24, 2.45) is 0 Å². The molecule has 1 atom stereocenters. The van der Waals surface area contributed by atoms with E-state index in [0.717, 1.165) is 16.5 Å². The van der Waals surface area contributed by atoms with Crippen LogP contribution in [0.2, 0.25) is 0 Å². The molecule has 3 rings (SSSR count). The number of nitrogens with one attached hydrogen (secondary N) is 1. The van der Waals surface area contributed by atoms with Crippen LogP contribution in [0.3, 0.4) is 0 Å². The average Bonchev–Trinajstić information content (AvgIpc) is 2.59. The predicted molar refractivity (Wildman–Crippen MR) is 90.3 cm³/mol. The maximum absolute atomic E-state index is 11.3. The zero-order valence-electron chi connectivity index (χ0n) is 12.7. The minimum Gasteiger partial charge on any atom is -0.480 e. The van der Waals surface area contributed by atoms with Crippen LogP contribution in [0.4, 0.5) is 5.82 Å². The van der Waals surface area contributed by atoms with E-state index >= 15 is 0 Å². The van der Waals surface area contributed by atoms with E-state index < -0.39 is 12.0 Å². The summed E-state index contributed by atoms with van der Waals surface area (Å²) in [6, 6.07) is 16.5. The molecule has 5 heteroatoms. The second-order valence-corrected chi connectivity index (χ2v) is 5.22. The van der Waals surface area contributed by atoms with Crippen LogP contribution in [0.25, 0.3) is 22.3 Å². The third kappa shape index (κ3) is 3.13. The van der Waals surface area contributed by atoms with Gasteiger partial charge in [-0.3, -0.25) is 0 Å². The van der Waals surface area contributed by atoms with E-state index in [1.807, 2.05) is 61.5 Å². The van der Waals surface area contributed by atoms with E-state index in [1.54, 1.807) is 0 Å². The normalized spacial score (nSPS) is 12.0. The summed E-state index contributed by atoms with van der Waals surface area (Å²) in [5.74, 6) is 0.229. The number of fused-ring (bicyclic) bond motifs is 1. The van der Waals surface area contributed by atoms with Gasteiger partial charge in [0.15, 0.2) is 5.82 Å². The third-order valence-electron chi connectivity index (χ3n) is 3.65. The minimum atomic E-state index is -0.892. The molecule has 0 aliphatic heterocycles. The topological polar surface area (TPSA) is 75.1 Å². The van der Waals surface area contributed by atoms with Gasteiger partial charge in [0, 0.05) is 10.9 Å². The highest BCUT2D eigenvalue weighted by Crippen LogP contribution is 2.25. The van der Waals surface area contributed by atoms with Crippen molar-refractivity contribution in [2.75, 3.05) is 5.32 Å². The Morgan fingerprint density at radius 2 is 1.78 bits per heavy atom. The number of anilines is 1. The number of rotatable bonds is 5. The fraction of sp³-hybridized carbons (Fsp3) is 0.167.